The molecule has 4 N–H and O–H groups in total. The quantitative estimate of drug-likeness (QED) is 0.166. The van der Waals surface area contributed by atoms with Gasteiger partial charge in [-0.05, 0) is 43.2 Å². The number of anilines is 2. The highest BCUT2D eigenvalue weighted by Crippen LogP contribution is 2.31. The van der Waals surface area contributed by atoms with Crippen molar-refractivity contribution in [1.82, 2.24) is 25.4 Å². The largest absolute Gasteiger partial charge is 0.356 e. The summed E-state index contributed by atoms with van der Waals surface area (Å²) in [6.07, 6.45) is 6.98. The number of likely N-dealkylation sites (tertiary alicyclic amines) is 1. The van der Waals surface area contributed by atoms with Crippen molar-refractivity contribution >= 4 is 41.5 Å². The highest BCUT2D eigenvalue weighted by molar-refractivity contribution is 6.28. The summed E-state index contributed by atoms with van der Waals surface area (Å²) in [5.74, 6) is -2.63. The molecule has 1 aromatic heterocycles. The first-order valence-electron chi connectivity index (χ1n) is 11.5. The highest BCUT2D eigenvalue weighted by Gasteiger charge is 2.29. The summed E-state index contributed by atoms with van der Waals surface area (Å²) in [5.41, 5.74) is 4.82. The number of halogens is 2. The van der Waals surface area contributed by atoms with Gasteiger partial charge in [0, 0.05) is 13.6 Å². The molecule has 13 heteroatoms. The van der Waals surface area contributed by atoms with Gasteiger partial charge in [-0.3, -0.25) is 30.4 Å². The zero-order valence-electron chi connectivity index (χ0n) is 19.1. The summed E-state index contributed by atoms with van der Waals surface area (Å²) >= 11 is 5.96. The van der Waals surface area contributed by atoms with E-state index in [1.165, 1.54) is 0 Å². The van der Waals surface area contributed by atoms with Crippen LogP contribution in [0.1, 0.15) is 51.4 Å². The van der Waals surface area contributed by atoms with E-state index in [0.717, 1.165) is 38.5 Å². The minimum atomic E-state index is -0.909. The van der Waals surface area contributed by atoms with E-state index in [1.54, 1.807) is 11.9 Å². The molecule has 3 amide bonds. The maximum Gasteiger partial charge on any atom is 0.244 e. The number of nitrogens with one attached hydrogen (secondary N) is 3. The van der Waals surface area contributed by atoms with Gasteiger partial charge < -0.3 is 10.2 Å². The van der Waals surface area contributed by atoms with Crippen molar-refractivity contribution in [3.8, 4) is 0 Å². The van der Waals surface area contributed by atoms with Crippen molar-refractivity contribution in [2.45, 2.75) is 57.4 Å². The molecule has 2 heterocycles. The monoisotopic (exact) mass is 499 g/mol. The van der Waals surface area contributed by atoms with Crippen LogP contribution in [0.4, 0.5) is 16.0 Å². The molecular formula is C21H31ClFN7O4. The van der Waals surface area contributed by atoms with Gasteiger partial charge in [0.25, 0.3) is 0 Å². The lowest BCUT2D eigenvalue weighted by molar-refractivity contribution is -0.154. The zero-order valence-corrected chi connectivity index (χ0v) is 19.9. The summed E-state index contributed by atoms with van der Waals surface area (Å²) in [4.78, 5) is 45.4. The predicted molar refractivity (Wildman–Crippen MR) is 122 cm³/mol. The fourth-order valence-electron chi connectivity index (χ4n) is 4.50. The molecule has 0 radical (unpaired) electrons. The van der Waals surface area contributed by atoms with Crippen LogP contribution < -0.4 is 16.2 Å². The van der Waals surface area contributed by atoms with Crippen LogP contribution in [0.3, 0.4) is 0 Å². The molecule has 34 heavy (non-hydrogen) atoms. The standard InChI is InChI=1S/C21H31ClFN7O4/c1-29-9-5-4-8-15(20(29)33)24-17-16(23)18(26-21(22)25-17)27-28-19(32)14(11-30(34)12-31)10-13-6-2-3-7-13/h12-15,34H,2-11H2,1H3,(H,28,32)(H2,24,25,26,27)/t14-,15+/m1/s1. The van der Waals surface area contributed by atoms with Crippen molar-refractivity contribution in [1.29, 1.82) is 0 Å². The Bertz CT molecular complexity index is 887. The lowest BCUT2D eigenvalue weighted by atomic mass is 9.92. The average Bonchev–Trinajstić information content (AvgIpc) is 3.28. The van der Waals surface area contributed by atoms with Gasteiger partial charge in [0.05, 0.1) is 12.5 Å². The summed E-state index contributed by atoms with van der Waals surface area (Å²) < 4.78 is 15.1. The van der Waals surface area contributed by atoms with Crippen molar-refractivity contribution < 1.29 is 24.0 Å². The molecule has 0 bridgehead atoms. The van der Waals surface area contributed by atoms with E-state index in [2.05, 4.69) is 26.1 Å². The summed E-state index contributed by atoms with van der Waals surface area (Å²) in [6.45, 7) is 0.435. The zero-order chi connectivity index (χ0) is 24.7. The first kappa shape index (κ1) is 25.9. The molecule has 1 aromatic rings. The third kappa shape index (κ3) is 6.89. The van der Waals surface area contributed by atoms with Crippen LogP contribution in [-0.4, -0.2) is 69.5 Å². The molecule has 3 rings (SSSR count). The maximum absolute atomic E-state index is 15.1. The number of nitrogens with zero attached hydrogens (tertiary/aromatic N) is 4. The smallest absolute Gasteiger partial charge is 0.244 e. The molecule has 1 saturated carbocycles. The van der Waals surface area contributed by atoms with Gasteiger partial charge in [-0.15, -0.1) is 0 Å². The van der Waals surface area contributed by atoms with Crippen molar-refractivity contribution in [2.75, 3.05) is 30.9 Å². The van der Waals surface area contributed by atoms with Crippen LogP contribution in [0.2, 0.25) is 5.28 Å². The van der Waals surface area contributed by atoms with Gasteiger partial charge in [0.1, 0.15) is 6.04 Å². The van der Waals surface area contributed by atoms with E-state index in [-0.39, 0.29) is 35.8 Å². The number of rotatable bonds is 10. The van der Waals surface area contributed by atoms with Crippen LogP contribution in [0.25, 0.3) is 0 Å². The van der Waals surface area contributed by atoms with Crippen LogP contribution in [0, 0.1) is 17.7 Å². The Morgan fingerprint density at radius 2 is 1.94 bits per heavy atom. The molecule has 0 spiro atoms. The number of hydrazine groups is 1. The summed E-state index contributed by atoms with van der Waals surface area (Å²) in [6, 6.07) is -0.662. The van der Waals surface area contributed by atoms with Crippen molar-refractivity contribution in [2.24, 2.45) is 11.8 Å². The van der Waals surface area contributed by atoms with E-state index >= 15 is 4.39 Å². The van der Waals surface area contributed by atoms with Crippen LogP contribution in [-0.2, 0) is 14.4 Å². The van der Waals surface area contributed by atoms with Crippen LogP contribution >= 0.6 is 11.6 Å². The molecular weight excluding hydrogens is 469 g/mol. The second kappa shape index (κ2) is 12.1. The fourth-order valence-corrected chi connectivity index (χ4v) is 4.67. The third-order valence-electron chi connectivity index (χ3n) is 6.34. The Hall–Kier alpha value is -2.73. The number of likely N-dealkylation sites (N-methyl/N-ethyl adjacent to an activating group) is 1. The molecule has 0 unspecified atom stereocenters. The topological polar surface area (TPSA) is 140 Å². The van der Waals surface area contributed by atoms with Crippen LogP contribution in [0.15, 0.2) is 0 Å². The van der Waals surface area contributed by atoms with Gasteiger partial charge in [-0.1, -0.05) is 25.7 Å². The maximum atomic E-state index is 15.1. The molecule has 188 valence electrons. The molecule has 2 fully saturated rings. The van der Waals surface area contributed by atoms with E-state index < -0.39 is 23.7 Å². The van der Waals surface area contributed by atoms with E-state index in [9.17, 15) is 19.6 Å². The van der Waals surface area contributed by atoms with E-state index in [0.29, 0.717) is 30.4 Å². The molecule has 1 saturated heterocycles. The third-order valence-corrected chi connectivity index (χ3v) is 6.51. The van der Waals surface area contributed by atoms with Gasteiger partial charge in [-0.25, -0.2) is 5.06 Å². The molecule has 11 nitrogen and oxygen atoms in total. The average molecular weight is 500 g/mol. The summed E-state index contributed by atoms with van der Waals surface area (Å²) in [5, 5.41) is 12.5. The SMILES string of the molecule is CN1CCCC[C@H](Nc2nc(Cl)nc(NNC(=O)[C@H](CC3CCCC3)CN(O)C=O)c2F)C1=O. The molecule has 0 aromatic carbocycles. The Morgan fingerprint density at radius 3 is 2.65 bits per heavy atom. The van der Waals surface area contributed by atoms with Gasteiger partial charge in [0.15, 0.2) is 11.6 Å². The Kier molecular flexibility index (Phi) is 9.22. The molecule has 2 atom stereocenters. The number of hydroxylamine groups is 2. The van der Waals surface area contributed by atoms with E-state index in [1.807, 2.05) is 0 Å². The van der Waals surface area contributed by atoms with Crippen molar-refractivity contribution in [3.05, 3.63) is 11.1 Å². The highest BCUT2D eigenvalue weighted by atomic mass is 35.5. The first-order chi connectivity index (χ1) is 16.3. The predicted octanol–water partition coefficient (Wildman–Crippen LogP) is 2.18. The minimum Gasteiger partial charge on any atom is -0.356 e. The van der Waals surface area contributed by atoms with Gasteiger partial charge in [-0.2, -0.15) is 14.4 Å². The molecule has 2 aliphatic rings. The summed E-state index contributed by atoms with van der Waals surface area (Å²) in [7, 11) is 1.69. The Morgan fingerprint density at radius 1 is 1.26 bits per heavy atom. The lowest BCUT2D eigenvalue weighted by Gasteiger charge is -2.23. The fraction of sp³-hybridized carbons (Fsp3) is 0.667. The minimum absolute atomic E-state index is 0.173. The Balaban J connectivity index is 1.69. The molecule has 1 aliphatic carbocycles. The Labute approximate surface area is 202 Å². The number of amides is 3. The van der Waals surface area contributed by atoms with E-state index in [4.69, 9.17) is 11.6 Å². The second-order valence-electron chi connectivity index (χ2n) is 8.88. The number of hydrogen-bond acceptors (Lipinski definition) is 8. The number of carbonyl (C=O) groups excluding carboxylic acids is 3. The first-order valence-corrected chi connectivity index (χ1v) is 11.9. The number of hydrogen-bond donors (Lipinski definition) is 4. The normalized spacial score (nSPS) is 19.9. The number of aromatic nitrogens is 2. The molecule has 1 aliphatic heterocycles. The van der Waals surface area contributed by atoms with Gasteiger partial charge in [0.2, 0.25) is 29.3 Å². The second-order valence-corrected chi connectivity index (χ2v) is 9.22. The number of carbonyl (C=O) groups is 3. The van der Waals surface area contributed by atoms with Crippen LogP contribution in [0.5, 0.6) is 0 Å². The lowest BCUT2D eigenvalue weighted by Crippen LogP contribution is -2.41. The van der Waals surface area contributed by atoms with Gasteiger partial charge >= 0.3 is 0 Å². The van der Waals surface area contributed by atoms with Crippen molar-refractivity contribution in [3.63, 3.8) is 0 Å².